The number of unbranched alkanes of at least 4 members (excludes halogenated alkanes) is 1. The van der Waals surface area contributed by atoms with Crippen molar-refractivity contribution in [3.05, 3.63) is 0 Å². The molecule has 3 atom stereocenters. The largest absolute Gasteiger partial charge is 0.231 e. The first-order valence-corrected chi connectivity index (χ1v) is 4.90. The maximum Gasteiger partial charge on any atom is 0.111 e. The molecule has 0 bridgehead atoms. The Morgan fingerprint density at radius 2 is 1.91 bits per heavy atom. The molecule has 0 saturated carbocycles. The van der Waals surface area contributed by atoms with E-state index in [2.05, 4.69) is 6.92 Å². The standard InChI is InChI=1S/C8H15Cl2O/c1-3-4-5-7(11)8(10)6(2)9/h6-8H,3-5H2,1-2H3. The summed E-state index contributed by atoms with van der Waals surface area (Å²) in [5.41, 5.74) is 0. The van der Waals surface area contributed by atoms with Gasteiger partial charge in [-0.3, -0.25) is 0 Å². The van der Waals surface area contributed by atoms with Crippen molar-refractivity contribution in [3.63, 3.8) is 0 Å². The molecular formula is C8H15Cl2O. The topological polar surface area (TPSA) is 19.9 Å². The van der Waals surface area contributed by atoms with Crippen molar-refractivity contribution in [3.8, 4) is 0 Å². The van der Waals surface area contributed by atoms with Crippen LogP contribution in [0, 0.1) is 0 Å². The van der Waals surface area contributed by atoms with Gasteiger partial charge in [-0.2, -0.15) is 0 Å². The summed E-state index contributed by atoms with van der Waals surface area (Å²) in [5.74, 6) is 0. The Kier molecular flexibility index (Phi) is 6.40. The first-order valence-electron chi connectivity index (χ1n) is 4.03. The van der Waals surface area contributed by atoms with E-state index in [1.54, 1.807) is 6.92 Å². The zero-order valence-electron chi connectivity index (χ0n) is 7.02. The first-order chi connectivity index (χ1) is 5.09. The minimum atomic E-state index is -0.705. The molecule has 0 heterocycles. The van der Waals surface area contributed by atoms with Crippen LogP contribution in [0.4, 0.5) is 0 Å². The summed E-state index contributed by atoms with van der Waals surface area (Å²) in [6.45, 7) is 3.82. The summed E-state index contributed by atoms with van der Waals surface area (Å²) in [6.07, 6.45) is 1.92. The van der Waals surface area contributed by atoms with E-state index in [0.717, 1.165) is 12.8 Å². The summed E-state index contributed by atoms with van der Waals surface area (Å²) < 4.78 is 0. The van der Waals surface area contributed by atoms with Crippen LogP contribution in [-0.4, -0.2) is 16.9 Å². The van der Waals surface area contributed by atoms with Crippen LogP contribution in [-0.2, 0) is 5.11 Å². The number of alkyl halides is 2. The molecule has 0 spiro atoms. The predicted octanol–water partition coefficient (Wildman–Crippen LogP) is 3.21. The fourth-order valence-electron chi connectivity index (χ4n) is 0.860. The normalized spacial score (nSPS) is 19.4. The maximum absolute atomic E-state index is 11.2. The van der Waals surface area contributed by atoms with E-state index < -0.39 is 11.5 Å². The van der Waals surface area contributed by atoms with E-state index >= 15 is 0 Å². The minimum Gasteiger partial charge on any atom is -0.231 e. The van der Waals surface area contributed by atoms with Crippen molar-refractivity contribution >= 4 is 23.2 Å². The third-order valence-electron chi connectivity index (χ3n) is 1.64. The van der Waals surface area contributed by atoms with Crippen LogP contribution in [0.15, 0.2) is 0 Å². The number of halogens is 2. The Balaban J connectivity index is 3.55. The lowest BCUT2D eigenvalue weighted by molar-refractivity contribution is 0.0751. The highest BCUT2D eigenvalue weighted by Crippen LogP contribution is 2.17. The summed E-state index contributed by atoms with van der Waals surface area (Å²) in [6, 6.07) is 0. The fraction of sp³-hybridized carbons (Fsp3) is 1.00. The molecule has 0 saturated heterocycles. The van der Waals surface area contributed by atoms with Gasteiger partial charge in [-0.1, -0.05) is 19.8 Å². The molecule has 1 nitrogen and oxygen atoms in total. The third-order valence-corrected chi connectivity index (χ3v) is 2.70. The molecule has 0 aromatic heterocycles. The Morgan fingerprint density at radius 1 is 1.36 bits per heavy atom. The van der Waals surface area contributed by atoms with Gasteiger partial charge >= 0.3 is 0 Å². The van der Waals surface area contributed by atoms with E-state index in [1.807, 2.05) is 0 Å². The van der Waals surface area contributed by atoms with E-state index in [4.69, 9.17) is 23.2 Å². The van der Waals surface area contributed by atoms with Crippen molar-refractivity contribution in [2.75, 3.05) is 0 Å². The molecular weight excluding hydrogens is 183 g/mol. The lowest BCUT2D eigenvalue weighted by Crippen LogP contribution is -2.26. The average molecular weight is 198 g/mol. The van der Waals surface area contributed by atoms with Gasteiger partial charge in [0.1, 0.15) is 6.10 Å². The van der Waals surface area contributed by atoms with Crippen LogP contribution >= 0.6 is 23.2 Å². The quantitative estimate of drug-likeness (QED) is 0.604. The van der Waals surface area contributed by atoms with Gasteiger partial charge in [0.2, 0.25) is 0 Å². The molecule has 0 fully saturated rings. The first kappa shape index (κ1) is 11.5. The third kappa shape index (κ3) is 4.89. The average Bonchev–Trinajstić information content (AvgIpc) is 1.98. The lowest BCUT2D eigenvalue weighted by atomic mass is 10.1. The number of rotatable bonds is 5. The van der Waals surface area contributed by atoms with Crippen LogP contribution in [0.5, 0.6) is 0 Å². The second-order valence-electron chi connectivity index (χ2n) is 2.80. The van der Waals surface area contributed by atoms with Gasteiger partial charge in [0.25, 0.3) is 0 Å². The molecule has 0 amide bonds. The van der Waals surface area contributed by atoms with Crippen LogP contribution < -0.4 is 0 Å². The van der Waals surface area contributed by atoms with Gasteiger partial charge in [-0.15, -0.1) is 23.2 Å². The van der Waals surface area contributed by atoms with Gasteiger partial charge in [0.15, 0.2) is 0 Å². The second-order valence-corrected chi connectivity index (χ2v) is 4.00. The molecule has 67 valence electrons. The van der Waals surface area contributed by atoms with E-state index in [1.165, 1.54) is 0 Å². The highest BCUT2D eigenvalue weighted by Gasteiger charge is 2.21. The molecule has 1 radical (unpaired) electrons. The van der Waals surface area contributed by atoms with Crippen LogP contribution in [0.1, 0.15) is 33.1 Å². The van der Waals surface area contributed by atoms with E-state index in [9.17, 15) is 5.11 Å². The summed E-state index contributed by atoms with van der Waals surface area (Å²) in [7, 11) is 0. The van der Waals surface area contributed by atoms with Gasteiger partial charge in [0.05, 0.1) is 5.38 Å². The van der Waals surface area contributed by atoms with Crippen molar-refractivity contribution < 1.29 is 5.11 Å². The fourth-order valence-corrected chi connectivity index (χ4v) is 1.15. The molecule has 0 aliphatic heterocycles. The summed E-state index contributed by atoms with van der Waals surface area (Å²) >= 11 is 11.4. The lowest BCUT2D eigenvalue weighted by Gasteiger charge is -2.16. The van der Waals surface area contributed by atoms with Crippen molar-refractivity contribution in [1.29, 1.82) is 0 Å². The SMILES string of the molecule is CCCCC([O])C(Cl)C(C)Cl. The molecule has 3 unspecified atom stereocenters. The molecule has 11 heavy (non-hydrogen) atoms. The smallest absolute Gasteiger partial charge is 0.111 e. The Labute approximate surface area is 78.7 Å². The van der Waals surface area contributed by atoms with Crippen LogP contribution in [0.25, 0.3) is 0 Å². The maximum atomic E-state index is 11.2. The van der Waals surface area contributed by atoms with Crippen LogP contribution in [0.2, 0.25) is 0 Å². The van der Waals surface area contributed by atoms with Crippen LogP contribution in [0.3, 0.4) is 0 Å². The molecule has 0 aromatic carbocycles. The van der Waals surface area contributed by atoms with E-state index in [-0.39, 0.29) is 5.38 Å². The van der Waals surface area contributed by atoms with E-state index in [0.29, 0.717) is 6.42 Å². The molecule has 0 aliphatic carbocycles. The molecule has 0 aromatic rings. The zero-order valence-corrected chi connectivity index (χ0v) is 8.53. The number of hydrogen-bond acceptors (Lipinski definition) is 0. The molecule has 0 rings (SSSR count). The molecule has 3 heteroatoms. The summed E-state index contributed by atoms with van der Waals surface area (Å²) in [4.78, 5) is 0. The Morgan fingerprint density at radius 3 is 2.27 bits per heavy atom. The van der Waals surface area contributed by atoms with Crippen molar-refractivity contribution in [2.45, 2.75) is 50.0 Å². The van der Waals surface area contributed by atoms with Crippen molar-refractivity contribution in [1.82, 2.24) is 0 Å². The van der Waals surface area contributed by atoms with Gasteiger partial charge < -0.3 is 0 Å². The summed E-state index contributed by atoms with van der Waals surface area (Å²) in [5, 5.41) is 10.6. The minimum absolute atomic E-state index is 0.226. The van der Waals surface area contributed by atoms with Gasteiger partial charge in [-0.25, -0.2) is 5.11 Å². The van der Waals surface area contributed by atoms with Gasteiger partial charge in [-0.05, 0) is 13.3 Å². The van der Waals surface area contributed by atoms with Crippen molar-refractivity contribution in [2.24, 2.45) is 0 Å². The predicted molar refractivity (Wildman–Crippen MR) is 49.0 cm³/mol. The molecule has 0 aliphatic rings. The highest BCUT2D eigenvalue weighted by molar-refractivity contribution is 6.30. The van der Waals surface area contributed by atoms with Gasteiger partial charge in [0, 0.05) is 5.38 Å². The Bertz CT molecular complexity index is 96.1. The number of hydrogen-bond donors (Lipinski definition) is 0. The Hall–Kier alpha value is 0.540. The second kappa shape index (κ2) is 6.10. The molecule has 0 N–H and O–H groups in total. The zero-order chi connectivity index (χ0) is 8.85. The monoisotopic (exact) mass is 197 g/mol. The highest BCUT2D eigenvalue weighted by atomic mass is 35.5.